The SMILES string of the molecule is BrC1CC1Nc1cccnc1. The number of nitrogens with zero attached hydrogens (tertiary/aromatic N) is 1. The fraction of sp³-hybridized carbons (Fsp3) is 0.375. The summed E-state index contributed by atoms with van der Waals surface area (Å²) >= 11 is 3.52. The van der Waals surface area contributed by atoms with Crippen LogP contribution in [0.4, 0.5) is 5.69 Å². The quantitative estimate of drug-likeness (QED) is 0.760. The van der Waals surface area contributed by atoms with Crippen molar-refractivity contribution in [3.8, 4) is 0 Å². The van der Waals surface area contributed by atoms with E-state index in [1.54, 1.807) is 6.20 Å². The molecule has 0 spiro atoms. The summed E-state index contributed by atoms with van der Waals surface area (Å²) in [6.07, 6.45) is 4.84. The molecule has 2 rings (SSSR count). The molecule has 0 aliphatic heterocycles. The third-order valence-electron chi connectivity index (χ3n) is 1.73. The molecule has 0 aromatic carbocycles. The van der Waals surface area contributed by atoms with Gasteiger partial charge in [-0.05, 0) is 18.6 Å². The maximum absolute atomic E-state index is 4.01. The van der Waals surface area contributed by atoms with E-state index in [4.69, 9.17) is 0 Å². The monoisotopic (exact) mass is 212 g/mol. The molecule has 1 aromatic rings. The minimum absolute atomic E-state index is 0.610. The first kappa shape index (κ1) is 7.10. The second-order valence-electron chi connectivity index (χ2n) is 2.74. The normalized spacial score (nSPS) is 28.1. The molecule has 0 amide bonds. The first-order chi connectivity index (χ1) is 5.36. The number of pyridine rings is 1. The van der Waals surface area contributed by atoms with Crippen molar-refractivity contribution < 1.29 is 0 Å². The topological polar surface area (TPSA) is 24.9 Å². The van der Waals surface area contributed by atoms with Crippen molar-refractivity contribution in [2.45, 2.75) is 17.3 Å². The summed E-state index contributed by atoms with van der Waals surface area (Å²) in [6.45, 7) is 0. The average molecular weight is 213 g/mol. The number of hydrogen-bond acceptors (Lipinski definition) is 2. The molecule has 1 aliphatic carbocycles. The van der Waals surface area contributed by atoms with Gasteiger partial charge >= 0.3 is 0 Å². The van der Waals surface area contributed by atoms with Gasteiger partial charge in [-0.25, -0.2) is 0 Å². The minimum atomic E-state index is 0.610. The molecule has 3 heteroatoms. The molecule has 2 nitrogen and oxygen atoms in total. The second-order valence-corrected chi connectivity index (χ2v) is 3.92. The van der Waals surface area contributed by atoms with Gasteiger partial charge in [0.15, 0.2) is 0 Å². The van der Waals surface area contributed by atoms with E-state index in [2.05, 4.69) is 26.2 Å². The van der Waals surface area contributed by atoms with E-state index in [1.165, 1.54) is 6.42 Å². The molecular formula is C8H9BrN2. The second kappa shape index (κ2) is 2.81. The van der Waals surface area contributed by atoms with Crippen LogP contribution in [0, 0.1) is 0 Å². The smallest absolute Gasteiger partial charge is 0.0529 e. The molecule has 1 saturated carbocycles. The highest BCUT2D eigenvalue weighted by Crippen LogP contribution is 2.32. The van der Waals surface area contributed by atoms with Crippen LogP contribution in [-0.2, 0) is 0 Å². The number of anilines is 1. The maximum atomic E-state index is 4.01. The van der Waals surface area contributed by atoms with Crippen LogP contribution in [0.1, 0.15) is 6.42 Å². The first-order valence-electron chi connectivity index (χ1n) is 3.67. The number of rotatable bonds is 2. The van der Waals surface area contributed by atoms with Crippen LogP contribution in [0.5, 0.6) is 0 Å². The number of nitrogens with one attached hydrogen (secondary N) is 1. The van der Waals surface area contributed by atoms with Crippen molar-refractivity contribution in [3.63, 3.8) is 0 Å². The zero-order valence-electron chi connectivity index (χ0n) is 6.00. The van der Waals surface area contributed by atoms with Crippen molar-refractivity contribution in [1.82, 2.24) is 4.98 Å². The Balaban J connectivity index is 1.97. The molecule has 58 valence electrons. The summed E-state index contributed by atoms with van der Waals surface area (Å²) in [5, 5.41) is 3.36. The lowest BCUT2D eigenvalue weighted by atomic mass is 10.4. The van der Waals surface area contributed by atoms with Crippen LogP contribution in [0.2, 0.25) is 0 Å². The van der Waals surface area contributed by atoms with Crippen molar-refractivity contribution in [2.24, 2.45) is 0 Å². The highest BCUT2D eigenvalue weighted by Gasteiger charge is 2.34. The molecule has 2 unspecified atom stereocenters. The van der Waals surface area contributed by atoms with Crippen LogP contribution in [0.15, 0.2) is 24.5 Å². The predicted octanol–water partition coefficient (Wildman–Crippen LogP) is 2.03. The lowest BCUT2D eigenvalue weighted by Crippen LogP contribution is -2.03. The van der Waals surface area contributed by atoms with Crippen LogP contribution in [0.25, 0.3) is 0 Å². The summed E-state index contributed by atoms with van der Waals surface area (Å²) in [5.74, 6) is 0. The van der Waals surface area contributed by atoms with Crippen LogP contribution >= 0.6 is 15.9 Å². The Bertz CT molecular complexity index is 237. The minimum Gasteiger partial charge on any atom is -0.380 e. The van der Waals surface area contributed by atoms with Crippen molar-refractivity contribution in [2.75, 3.05) is 5.32 Å². The van der Waals surface area contributed by atoms with E-state index in [0.717, 1.165) is 5.69 Å². The lowest BCUT2D eigenvalue weighted by molar-refractivity contribution is 1.15. The largest absolute Gasteiger partial charge is 0.380 e. The molecule has 2 atom stereocenters. The molecule has 11 heavy (non-hydrogen) atoms. The summed E-state index contributed by atoms with van der Waals surface area (Å²) in [5.41, 5.74) is 1.11. The summed E-state index contributed by atoms with van der Waals surface area (Å²) < 4.78 is 0. The number of halogens is 1. The highest BCUT2D eigenvalue weighted by atomic mass is 79.9. The Labute approximate surface area is 74.2 Å². The maximum Gasteiger partial charge on any atom is 0.0529 e. The van der Waals surface area contributed by atoms with Gasteiger partial charge < -0.3 is 5.32 Å². The van der Waals surface area contributed by atoms with Crippen LogP contribution in [0.3, 0.4) is 0 Å². The van der Waals surface area contributed by atoms with Gasteiger partial charge in [-0.1, -0.05) is 15.9 Å². The Morgan fingerprint density at radius 3 is 3.00 bits per heavy atom. The molecule has 1 aliphatic rings. The van der Waals surface area contributed by atoms with Gasteiger partial charge in [0.25, 0.3) is 0 Å². The first-order valence-corrected chi connectivity index (χ1v) is 4.58. The van der Waals surface area contributed by atoms with Crippen molar-refractivity contribution in [3.05, 3.63) is 24.5 Å². The fourth-order valence-corrected chi connectivity index (χ4v) is 1.51. The zero-order valence-corrected chi connectivity index (χ0v) is 7.58. The third kappa shape index (κ3) is 1.71. The molecule has 0 bridgehead atoms. The Hall–Kier alpha value is -0.570. The molecule has 0 saturated heterocycles. The molecule has 0 radical (unpaired) electrons. The number of hydrogen-bond donors (Lipinski definition) is 1. The van der Waals surface area contributed by atoms with E-state index in [9.17, 15) is 0 Å². The average Bonchev–Trinajstić information content (AvgIpc) is 2.69. The van der Waals surface area contributed by atoms with Crippen LogP contribution in [-0.4, -0.2) is 15.9 Å². The third-order valence-corrected chi connectivity index (χ3v) is 2.74. The zero-order chi connectivity index (χ0) is 7.68. The van der Waals surface area contributed by atoms with Gasteiger partial charge in [0.1, 0.15) is 0 Å². The number of aromatic nitrogens is 1. The van der Waals surface area contributed by atoms with E-state index in [1.807, 2.05) is 18.3 Å². The fourth-order valence-electron chi connectivity index (χ4n) is 0.976. The summed E-state index contributed by atoms with van der Waals surface area (Å²) in [4.78, 5) is 4.67. The molecule has 1 heterocycles. The van der Waals surface area contributed by atoms with Crippen LogP contribution < -0.4 is 5.32 Å². The van der Waals surface area contributed by atoms with Gasteiger partial charge in [-0.3, -0.25) is 4.98 Å². The Morgan fingerprint density at radius 2 is 2.45 bits per heavy atom. The summed E-state index contributed by atoms with van der Waals surface area (Å²) in [6, 6.07) is 4.58. The van der Waals surface area contributed by atoms with Gasteiger partial charge in [0.05, 0.1) is 5.69 Å². The Morgan fingerprint density at radius 1 is 1.64 bits per heavy atom. The molecule has 1 fully saturated rings. The van der Waals surface area contributed by atoms with Crippen molar-refractivity contribution >= 4 is 21.6 Å². The standard InChI is InChI=1S/C8H9BrN2/c9-7-4-8(7)11-6-2-1-3-10-5-6/h1-3,5,7-8,11H,4H2. The van der Waals surface area contributed by atoms with Gasteiger partial charge in [-0.15, -0.1) is 0 Å². The summed E-state index contributed by atoms with van der Waals surface area (Å²) in [7, 11) is 0. The van der Waals surface area contributed by atoms with E-state index in [-0.39, 0.29) is 0 Å². The van der Waals surface area contributed by atoms with Gasteiger partial charge in [-0.2, -0.15) is 0 Å². The lowest BCUT2D eigenvalue weighted by Gasteiger charge is -2.01. The Kier molecular flexibility index (Phi) is 1.82. The predicted molar refractivity (Wildman–Crippen MR) is 49.0 cm³/mol. The van der Waals surface area contributed by atoms with Crippen molar-refractivity contribution in [1.29, 1.82) is 0 Å². The highest BCUT2D eigenvalue weighted by molar-refractivity contribution is 9.09. The molecule has 1 N–H and O–H groups in total. The van der Waals surface area contributed by atoms with Gasteiger partial charge in [0.2, 0.25) is 0 Å². The molecule has 1 aromatic heterocycles. The van der Waals surface area contributed by atoms with Gasteiger partial charge in [0, 0.05) is 23.3 Å². The van der Waals surface area contributed by atoms with E-state index >= 15 is 0 Å². The van der Waals surface area contributed by atoms with E-state index < -0.39 is 0 Å². The number of alkyl halides is 1. The molecular weight excluding hydrogens is 204 g/mol. The van der Waals surface area contributed by atoms with E-state index in [0.29, 0.717) is 10.9 Å².